The van der Waals surface area contributed by atoms with E-state index in [4.69, 9.17) is 0 Å². The minimum absolute atomic E-state index is 0.301. The average Bonchev–Trinajstić information content (AvgIpc) is 3.33. The predicted octanol–water partition coefficient (Wildman–Crippen LogP) is 2.06. The van der Waals surface area contributed by atoms with Gasteiger partial charge in [0, 0.05) is 38.8 Å². The Hall–Kier alpha value is -0.900. The summed E-state index contributed by atoms with van der Waals surface area (Å²) in [5.74, 6) is 0.990. The van der Waals surface area contributed by atoms with Crippen LogP contribution >= 0.6 is 0 Å². The first-order valence-electron chi connectivity index (χ1n) is 8.53. The normalized spacial score (nSPS) is 31.1. The summed E-state index contributed by atoms with van der Waals surface area (Å²) in [6, 6.07) is 8.74. The Labute approximate surface area is 127 Å². The predicted molar refractivity (Wildman–Crippen MR) is 84.2 cm³/mol. The van der Waals surface area contributed by atoms with Crippen molar-refractivity contribution in [3.05, 3.63) is 35.4 Å². The first-order chi connectivity index (χ1) is 10.3. The maximum atomic E-state index is 10.7. The van der Waals surface area contributed by atoms with E-state index in [1.165, 1.54) is 38.0 Å². The molecule has 2 atom stereocenters. The molecule has 0 aromatic heterocycles. The van der Waals surface area contributed by atoms with Gasteiger partial charge < -0.3 is 10.0 Å². The number of hydrogen-bond donors (Lipinski definition) is 1. The van der Waals surface area contributed by atoms with Crippen LogP contribution in [0.2, 0.25) is 0 Å². The number of nitrogens with zero attached hydrogens (tertiary/aromatic N) is 2. The summed E-state index contributed by atoms with van der Waals surface area (Å²) in [5.41, 5.74) is 2.50. The molecule has 21 heavy (non-hydrogen) atoms. The molecule has 1 saturated heterocycles. The fourth-order valence-corrected chi connectivity index (χ4v) is 4.04. The van der Waals surface area contributed by atoms with Gasteiger partial charge in [-0.25, -0.2) is 0 Å². The second kappa shape index (κ2) is 5.71. The fraction of sp³-hybridized carbons (Fsp3) is 0.667. The van der Waals surface area contributed by atoms with Crippen LogP contribution in [0.1, 0.15) is 36.5 Å². The third-order valence-corrected chi connectivity index (χ3v) is 5.54. The average molecular weight is 286 g/mol. The molecule has 1 saturated carbocycles. The van der Waals surface area contributed by atoms with Crippen LogP contribution in [0.15, 0.2) is 24.3 Å². The van der Waals surface area contributed by atoms with Crippen LogP contribution in [-0.4, -0.2) is 53.7 Å². The SMILES string of the molecule is OC1c2ccccc2CCC1N1CCN(CC2CC2)CC1. The molecule has 1 aromatic carbocycles. The van der Waals surface area contributed by atoms with E-state index >= 15 is 0 Å². The van der Waals surface area contributed by atoms with E-state index in [1.807, 2.05) is 0 Å². The van der Waals surface area contributed by atoms with Gasteiger partial charge in [-0.15, -0.1) is 0 Å². The second-order valence-corrected chi connectivity index (χ2v) is 7.03. The third-order valence-electron chi connectivity index (χ3n) is 5.54. The third kappa shape index (κ3) is 2.87. The summed E-state index contributed by atoms with van der Waals surface area (Å²) in [6.07, 6.45) is 4.79. The van der Waals surface area contributed by atoms with Gasteiger partial charge in [-0.05, 0) is 42.7 Å². The van der Waals surface area contributed by atoms with Crippen molar-refractivity contribution in [1.82, 2.24) is 9.80 Å². The van der Waals surface area contributed by atoms with Crippen molar-refractivity contribution in [2.24, 2.45) is 5.92 Å². The molecule has 3 nitrogen and oxygen atoms in total. The number of fused-ring (bicyclic) bond motifs is 1. The molecule has 1 N–H and O–H groups in total. The van der Waals surface area contributed by atoms with Gasteiger partial charge in [0.25, 0.3) is 0 Å². The van der Waals surface area contributed by atoms with Crippen LogP contribution in [-0.2, 0) is 6.42 Å². The van der Waals surface area contributed by atoms with Gasteiger partial charge in [0.1, 0.15) is 0 Å². The van der Waals surface area contributed by atoms with Gasteiger partial charge >= 0.3 is 0 Å². The van der Waals surface area contributed by atoms with E-state index in [1.54, 1.807) is 0 Å². The Morgan fingerprint density at radius 3 is 2.52 bits per heavy atom. The van der Waals surface area contributed by atoms with Crippen molar-refractivity contribution < 1.29 is 5.11 Å². The van der Waals surface area contributed by atoms with Crippen molar-refractivity contribution >= 4 is 0 Å². The van der Waals surface area contributed by atoms with Gasteiger partial charge in [0.15, 0.2) is 0 Å². The first-order valence-corrected chi connectivity index (χ1v) is 8.53. The number of benzene rings is 1. The van der Waals surface area contributed by atoms with E-state index in [9.17, 15) is 5.11 Å². The molecular weight excluding hydrogens is 260 g/mol. The van der Waals surface area contributed by atoms with Gasteiger partial charge in [0.05, 0.1) is 6.10 Å². The van der Waals surface area contributed by atoms with Crippen molar-refractivity contribution in [2.45, 2.75) is 37.8 Å². The Bertz CT molecular complexity index is 492. The molecule has 3 heteroatoms. The molecule has 3 aliphatic rings. The number of aliphatic hydroxyl groups excluding tert-OH is 1. The lowest BCUT2D eigenvalue weighted by molar-refractivity contribution is 0.00769. The minimum Gasteiger partial charge on any atom is -0.387 e. The summed E-state index contributed by atoms with van der Waals surface area (Å²) in [4.78, 5) is 5.15. The maximum absolute atomic E-state index is 10.7. The molecule has 1 heterocycles. The Morgan fingerprint density at radius 2 is 1.76 bits per heavy atom. The lowest BCUT2D eigenvalue weighted by Gasteiger charge is -2.43. The molecule has 2 aliphatic carbocycles. The van der Waals surface area contributed by atoms with E-state index in [0.29, 0.717) is 6.04 Å². The molecule has 4 rings (SSSR count). The molecule has 2 unspecified atom stereocenters. The van der Waals surface area contributed by atoms with Crippen LogP contribution in [0.3, 0.4) is 0 Å². The molecule has 0 amide bonds. The van der Waals surface area contributed by atoms with Gasteiger partial charge in [-0.3, -0.25) is 4.90 Å². The van der Waals surface area contributed by atoms with Gasteiger partial charge in [-0.2, -0.15) is 0 Å². The fourth-order valence-electron chi connectivity index (χ4n) is 4.04. The van der Waals surface area contributed by atoms with Crippen molar-refractivity contribution in [1.29, 1.82) is 0 Å². The summed E-state index contributed by atoms with van der Waals surface area (Å²) in [7, 11) is 0. The molecule has 0 spiro atoms. The topological polar surface area (TPSA) is 26.7 Å². The number of aliphatic hydroxyl groups is 1. The van der Waals surface area contributed by atoms with Gasteiger partial charge in [0.2, 0.25) is 0 Å². The zero-order valence-electron chi connectivity index (χ0n) is 12.7. The lowest BCUT2D eigenvalue weighted by Crippen LogP contribution is -2.53. The first kappa shape index (κ1) is 13.7. The quantitative estimate of drug-likeness (QED) is 0.921. The number of aryl methyl sites for hydroxylation is 1. The van der Waals surface area contributed by atoms with Crippen LogP contribution in [0.4, 0.5) is 0 Å². The number of piperazine rings is 1. The van der Waals surface area contributed by atoms with Crippen molar-refractivity contribution in [2.75, 3.05) is 32.7 Å². The van der Waals surface area contributed by atoms with Crippen LogP contribution in [0.25, 0.3) is 0 Å². The van der Waals surface area contributed by atoms with Crippen LogP contribution in [0, 0.1) is 5.92 Å². The zero-order valence-corrected chi connectivity index (χ0v) is 12.7. The highest BCUT2D eigenvalue weighted by atomic mass is 16.3. The highest BCUT2D eigenvalue weighted by Crippen LogP contribution is 2.34. The summed E-state index contributed by atoms with van der Waals surface area (Å²) < 4.78 is 0. The Balaban J connectivity index is 1.39. The summed E-state index contributed by atoms with van der Waals surface area (Å²) in [6.45, 7) is 5.92. The van der Waals surface area contributed by atoms with E-state index in [2.05, 4.69) is 34.1 Å². The number of rotatable bonds is 3. The zero-order chi connectivity index (χ0) is 14.2. The molecule has 0 bridgehead atoms. The maximum Gasteiger partial charge on any atom is 0.0947 e. The molecule has 0 radical (unpaired) electrons. The van der Waals surface area contributed by atoms with Gasteiger partial charge in [-0.1, -0.05) is 24.3 Å². The standard InChI is InChI=1S/C18H26N2O/c21-18-16-4-2-1-3-15(16)7-8-17(18)20-11-9-19(10-12-20)13-14-5-6-14/h1-4,14,17-18,21H,5-13H2. The molecule has 114 valence electrons. The molecule has 1 aliphatic heterocycles. The smallest absolute Gasteiger partial charge is 0.0947 e. The van der Waals surface area contributed by atoms with E-state index in [-0.39, 0.29) is 6.10 Å². The van der Waals surface area contributed by atoms with E-state index < -0.39 is 0 Å². The Morgan fingerprint density at radius 1 is 1.00 bits per heavy atom. The van der Waals surface area contributed by atoms with Crippen molar-refractivity contribution in [3.63, 3.8) is 0 Å². The van der Waals surface area contributed by atoms with Crippen LogP contribution < -0.4 is 0 Å². The highest BCUT2D eigenvalue weighted by molar-refractivity contribution is 5.32. The Kier molecular flexibility index (Phi) is 3.74. The summed E-state index contributed by atoms with van der Waals surface area (Å²) >= 11 is 0. The minimum atomic E-state index is -0.301. The molecular formula is C18H26N2O. The van der Waals surface area contributed by atoms with Crippen molar-refractivity contribution in [3.8, 4) is 0 Å². The van der Waals surface area contributed by atoms with Crippen LogP contribution in [0.5, 0.6) is 0 Å². The highest BCUT2D eigenvalue weighted by Gasteiger charge is 2.34. The summed E-state index contributed by atoms with van der Waals surface area (Å²) in [5, 5.41) is 10.7. The number of hydrogen-bond acceptors (Lipinski definition) is 3. The molecule has 1 aromatic rings. The molecule has 2 fully saturated rings. The second-order valence-electron chi connectivity index (χ2n) is 7.03. The van der Waals surface area contributed by atoms with E-state index in [0.717, 1.165) is 37.4 Å². The lowest BCUT2D eigenvalue weighted by atomic mass is 9.85. The largest absolute Gasteiger partial charge is 0.387 e. The monoisotopic (exact) mass is 286 g/mol.